The van der Waals surface area contributed by atoms with Crippen molar-refractivity contribution in [3.8, 4) is 5.75 Å². The molecule has 0 fully saturated rings. The molecule has 1 aromatic rings. The number of halogens is 1. The first-order valence-corrected chi connectivity index (χ1v) is 4.15. The second-order valence-electron chi connectivity index (χ2n) is 2.92. The van der Waals surface area contributed by atoms with E-state index in [2.05, 4.69) is 0 Å². The fourth-order valence-corrected chi connectivity index (χ4v) is 1.45. The van der Waals surface area contributed by atoms with Gasteiger partial charge in [-0.15, -0.1) is 0 Å². The quantitative estimate of drug-likeness (QED) is 0.706. The van der Waals surface area contributed by atoms with Crippen molar-refractivity contribution in [1.29, 1.82) is 0 Å². The van der Waals surface area contributed by atoms with Gasteiger partial charge in [0.2, 0.25) is 0 Å². The highest BCUT2D eigenvalue weighted by molar-refractivity contribution is 6.31. The molecule has 3 N–H and O–H groups in total. The summed E-state index contributed by atoms with van der Waals surface area (Å²) in [6, 6.07) is 3.27. The van der Waals surface area contributed by atoms with Crippen molar-refractivity contribution < 1.29 is 5.11 Å². The van der Waals surface area contributed by atoms with Gasteiger partial charge in [-0.2, -0.15) is 0 Å². The first-order chi connectivity index (χ1) is 5.54. The number of nitrogens with two attached hydrogens (primary N) is 1. The van der Waals surface area contributed by atoms with E-state index in [0.717, 1.165) is 5.56 Å². The molecule has 0 saturated heterocycles. The van der Waals surface area contributed by atoms with E-state index in [9.17, 15) is 5.11 Å². The molecule has 1 atom stereocenters. The number of hydrogen-bond donors (Lipinski definition) is 2. The minimum absolute atomic E-state index is 0.206. The predicted octanol–water partition coefficient (Wildman–Crippen LogP) is 2.37. The molecule has 0 aromatic heterocycles. The van der Waals surface area contributed by atoms with Crippen LogP contribution in [0.3, 0.4) is 0 Å². The van der Waals surface area contributed by atoms with Gasteiger partial charge in [-0.1, -0.05) is 17.7 Å². The summed E-state index contributed by atoms with van der Waals surface area (Å²) in [4.78, 5) is 0. The molecule has 0 saturated carbocycles. The summed E-state index contributed by atoms with van der Waals surface area (Å²) in [5, 5.41) is 10.1. The summed E-state index contributed by atoms with van der Waals surface area (Å²) < 4.78 is 0. The van der Waals surface area contributed by atoms with Crippen LogP contribution in [-0.4, -0.2) is 5.11 Å². The van der Waals surface area contributed by atoms with Crippen molar-refractivity contribution in [2.45, 2.75) is 19.9 Å². The van der Waals surface area contributed by atoms with Gasteiger partial charge in [0.15, 0.2) is 0 Å². The minimum atomic E-state index is -0.239. The largest absolute Gasteiger partial charge is 0.507 e. The molecular formula is C9H12ClNO. The maximum atomic E-state index is 9.58. The van der Waals surface area contributed by atoms with Gasteiger partial charge in [-0.25, -0.2) is 0 Å². The van der Waals surface area contributed by atoms with Gasteiger partial charge in [-0.05, 0) is 25.5 Å². The summed E-state index contributed by atoms with van der Waals surface area (Å²) in [7, 11) is 0. The summed E-state index contributed by atoms with van der Waals surface area (Å²) in [6.45, 7) is 3.61. The number of phenolic OH excluding ortho intramolecular Hbond substituents is 1. The van der Waals surface area contributed by atoms with E-state index in [4.69, 9.17) is 17.3 Å². The van der Waals surface area contributed by atoms with E-state index in [0.29, 0.717) is 10.6 Å². The van der Waals surface area contributed by atoms with Crippen molar-refractivity contribution >= 4 is 11.6 Å². The zero-order chi connectivity index (χ0) is 9.30. The molecule has 0 spiro atoms. The number of aryl methyl sites for hydroxylation is 1. The van der Waals surface area contributed by atoms with Gasteiger partial charge >= 0.3 is 0 Å². The van der Waals surface area contributed by atoms with Crippen molar-refractivity contribution in [3.63, 3.8) is 0 Å². The Balaban J connectivity index is 3.33. The van der Waals surface area contributed by atoms with Crippen LogP contribution in [0.1, 0.15) is 24.1 Å². The average molecular weight is 186 g/mol. The van der Waals surface area contributed by atoms with Gasteiger partial charge < -0.3 is 10.8 Å². The van der Waals surface area contributed by atoms with Gasteiger partial charge in [0.25, 0.3) is 0 Å². The molecule has 2 nitrogen and oxygen atoms in total. The lowest BCUT2D eigenvalue weighted by molar-refractivity contribution is 0.459. The van der Waals surface area contributed by atoms with Crippen molar-refractivity contribution in [3.05, 3.63) is 28.3 Å². The molecule has 1 rings (SSSR count). The monoisotopic (exact) mass is 185 g/mol. The van der Waals surface area contributed by atoms with Crippen LogP contribution in [0.25, 0.3) is 0 Å². The van der Waals surface area contributed by atoms with Crippen LogP contribution >= 0.6 is 11.6 Å². The molecule has 0 aliphatic rings. The van der Waals surface area contributed by atoms with Crippen LogP contribution in [-0.2, 0) is 0 Å². The summed E-state index contributed by atoms with van der Waals surface area (Å²) in [6.07, 6.45) is 0. The number of benzene rings is 1. The normalized spacial score (nSPS) is 13.0. The third-order valence-electron chi connectivity index (χ3n) is 1.82. The molecule has 0 aliphatic heterocycles. The standard InChI is InChI=1S/C9H12ClNO/c1-5-3-4-7(10)8(6(2)11)9(5)12/h3-4,6,12H,11H2,1-2H3/t6-/m0/s1. The second-order valence-corrected chi connectivity index (χ2v) is 3.32. The highest BCUT2D eigenvalue weighted by Gasteiger charge is 2.12. The van der Waals surface area contributed by atoms with Gasteiger partial charge in [-0.3, -0.25) is 0 Å². The van der Waals surface area contributed by atoms with E-state index < -0.39 is 0 Å². The molecule has 0 aliphatic carbocycles. The van der Waals surface area contributed by atoms with E-state index in [-0.39, 0.29) is 11.8 Å². The lowest BCUT2D eigenvalue weighted by atomic mass is 10.0. The topological polar surface area (TPSA) is 46.2 Å². The van der Waals surface area contributed by atoms with Crippen LogP contribution < -0.4 is 5.73 Å². The fourth-order valence-electron chi connectivity index (χ4n) is 1.13. The van der Waals surface area contributed by atoms with Crippen molar-refractivity contribution in [1.82, 2.24) is 0 Å². The second kappa shape index (κ2) is 3.33. The Hall–Kier alpha value is -0.730. The first-order valence-electron chi connectivity index (χ1n) is 3.77. The number of hydrogen-bond acceptors (Lipinski definition) is 2. The molecule has 0 radical (unpaired) electrons. The van der Waals surface area contributed by atoms with E-state index in [1.54, 1.807) is 19.1 Å². The smallest absolute Gasteiger partial charge is 0.124 e. The average Bonchev–Trinajstić information content (AvgIpc) is 1.97. The van der Waals surface area contributed by atoms with Crippen LogP contribution in [0.15, 0.2) is 12.1 Å². The number of aromatic hydroxyl groups is 1. The molecule has 12 heavy (non-hydrogen) atoms. The Kier molecular flexibility index (Phi) is 2.60. The highest BCUT2D eigenvalue weighted by atomic mass is 35.5. The Bertz CT molecular complexity index is 297. The van der Waals surface area contributed by atoms with Gasteiger partial charge in [0.1, 0.15) is 5.75 Å². The molecule has 0 heterocycles. The number of phenols is 1. The zero-order valence-corrected chi connectivity index (χ0v) is 7.89. The minimum Gasteiger partial charge on any atom is -0.507 e. The lowest BCUT2D eigenvalue weighted by Gasteiger charge is -2.12. The van der Waals surface area contributed by atoms with Gasteiger partial charge in [0, 0.05) is 16.6 Å². The molecule has 0 unspecified atom stereocenters. The van der Waals surface area contributed by atoms with Crippen LogP contribution in [0, 0.1) is 6.92 Å². The maximum absolute atomic E-state index is 9.58. The first kappa shape index (κ1) is 9.36. The molecular weight excluding hydrogens is 174 g/mol. The molecule has 66 valence electrons. The predicted molar refractivity (Wildman–Crippen MR) is 50.5 cm³/mol. The molecule has 0 bridgehead atoms. The summed E-state index contributed by atoms with van der Waals surface area (Å²) >= 11 is 5.86. The van der Waals surface area contributed by atoms with Crippen LogP contribution in [0.5, 0.6) is 5.75 Å². The molecule has 1 aromatic carbocycles. The van der Waals surface area contributed by atoms with E-state index in [1.807, 2.05) is 6.92 Å². The van der Waals surface area contributed by atoms with Gasteiger partial charge in [0.05, 0.1) is 0 Å². The molecule has 3 heteroatoms. The van der Waals surface area contributed by atoms with Crippen LogP contribution in [0.4, 0.5) is 0 Å². The van der Waals surface area contributed by atoms with E-state index >= 15 is 0 Å². The lowest BCUT2D eigenvalue weighted by Crippen LogP contribution is -2.06. The van der Waals surface area contributed by atoms with Crippen LogP contribution in [0.2, 0.25) is 5.02 Å². The SMILES string of the molecule is Cc1ccc(Cl)c([C@H](C)N)c1O. The highest BCUT2D eigenvalue weighted by Crippen LogP contribution is 2.32. The Morgan fingerprint density at radius 3 is 2.50 bits per heavy atom. The Morgan fingerprint density at radius 2 is 2.08 bits per heavy atom. The van der Waals surface area contributed by atoms with Crippen molar-refractivity contribution in [2.75, 3.05) is 0 Å². The summed E-state index contributed by atoms with van der Waals surface area (Å²) in [5.74, 6) is 0.206. The third-order valence-corrected chi connectivity index (χ3v) is 2.15. The summed E-state index contributed by atoms with van der Waals surface area (Å²) in [5.41, 5.74) is 7.06. The maximum Gasteiger partial charge on any atom is 0.124 e. The fraction of sp³-hybridized carbons (Fsp3) is 0.333. The van der Waals surface area contributed by atoms with E-state index in [1.165, 1.54) is 0 Å². The third kappa shape index (κ3) is 1.54. The number of rotatable bonds is 1. The Morgan fingerprint density at radius 1 is 1.50 bits per heavy atom. The molecule has 0 amide bonds. The van der Waals surface area contributed by atoms with Crippen molar-refractivity contribution in [2.24, 2.45) is 5.73 Å². The zero-order valence-electron chi connectivity index (χ0n) is 7.13. The Labute approximate surface area is 77.0 Å².